The molecule has 0 saturated heterocycles. The maximum absolute atomic E-state index is 6.01. The molecule has 0 unspecified atom stereocenters. The zero-order chi connectivity index (χ0) is 9.26. The van der Waals surface area contributed by atoms with Crippen molar-refractivity contribution >= 4 is 22.5 Å². The number of nitrogens with zero attached hydrogens (tertiary/aromatic N) is 1. The second-order valence-corrected chi connectivity index (χ2v) is 3.32. The van der Waals surface area contributed by atoms with Crippen LogP contribution in [0.4, 0.5) is 0 Å². The zero-order valence-electron chi connectivity index (χ0n) is 7.05. The first kappa shape index (κ1) is 8.38. The molecule has 3 N–H and O–H groups in total. The number of halogens is 1. The van der Waals surface area contributed by atoms with Crippen molar-refractivity contribution in [1.82, 2.24) is 10.3 Å². The minimum absolute atomic E-state index is 0.628. The van der Waals surface area contributed by atoms with Gasteiger partial charge < -0.3 is 11.1 Å². The van der Waals surface area contributed by atoms with Gasteiger partial charge in [-0.1, -0.05) is 11.6 Å². The van der Waals surface area contributed by atoms with Gasteiger partial charge in [-0.3, -0.25) is 4.98 Å². The lowest BCUT2D eigenvalue weighted by Gasteiger charge is -1.99. The Bertz CT molecular complexity index is 397. The first-order valence-corrected chi connectivity index (χ1v) is 4.49. The van der Waals surface area contributed by atoms with Crippen LogP contribution in [0.2, 0.25) is 0 Å². The molecule has 1 aliphatic rings. The van der Waals surface area contributed by atoms with E-state index < -0.39 is 0 Å². The highest BCUT2D eigenvalue weighted by atomic mass is 35.5. The van der Waals surface area contributed by atoms with E-state index in [2.05, 4.69) is 10.3 Å². The molecule has 1 aliphatic heterocycles. The molecule has 2 rings (SSSR count). The van der Waals surface area contributed by atoms with Gasteiger partial charge in [0.1, 0.15) is 5.16 Å². The fourth-order valence-electron chi connectivity index (χ4n) is 1.39. The number of nitrogens with one attached hydrogen (secondary N) is 1. The van der Waals surface area contributed by atoms with Crippen LogP contribution in [-0.4, -0.2) is 11.5 Å². The summed E-state index contributed by atoms with van der Waals surface area (Å²) in [7, 11) is 0. The number of fused-ring (bicyclic) bond motifs is 1. The van der Waals surface area contributed by atoms with Gasteiger partial charge in [0.15, 0.2) is 0 Å². The van der Waals surface area contributed by atoms with Crippen LogP contribution in [0.25, 0.3) is 10.9 Å². The van der Waals surface area contributed by atoms with Crippen molar-refractivity contribution in [2.24, 2.45) is 5.73 Å². The summed E-state index contributed by atoms with van der Waals surface area (Å²) in [5, 5.41) is 5.58. The standard InChI is InChI=1S/C9H10ClN3/c10-9-7-5-12-3-1-6(7)8(11)2-4-13-9/h1,3,5,13H,2,4,11H2. The summed E-state index contributed by atoms with van der Waals surface area (Å²) in [6.45, 7) is 0.777. The lowest BCUT2D eigenvalue weighted by atomic mass is 10.2. The Morgan fingerprint density at radius 3 is 3.15 bits per heavy atom. The molecule has 0 amide bonds. The summed E-state index contributed by atoms with van der Waals surface area (Å²) >= 11 is 6.01. The highest BCUT2D eigenvalue weighted by Gasteiger charge is 2.03. The van der Waals surface area contributed by atoms with E-state index >= 15 is 0 Å². The number of rotatable bonds is 0. The van der Waals surface area contributed by atoms with Crippen LogP contribution in [0.5, 0.6) is 0 Å². The van der Waals surface area contributed by atoms with Crippen molar-refractivity contribution in [3.05, 3.63) is 28.9 Å². The molecule has 0 aromatic carbocycles. The van der Waals surface area contributed by atoms with Gasteiger partial charge in [0.25, 0.3) is 0 Å². The molecule has 0 spiro atoms. The van der Waals surface area contributed by atoms with Gasteiger partial charge in [-0.15, -0.1) is 0 Å². The van der Waals surface area contributed by atoms with Crippen molar-refractivity contribution in [3.63, 3.8) is 0 Å². The minimum Gasteiger partial charge on any atom is -0.401 e. The van der Waals surface area contributed by atoms with E-state index in [-0.39, 0.29) is 0 Å². The third-order valence-electron chi connectivity index (χ3n) is 2.08. The summed E-state index contributed by atoms with van der Waals surface area (Å²) in [6, 6.07) is 1.89. The highest BCUT2D eigenvalue weighted by molar-refractivity contribution is 6.44. The third-order valence-corrected chi connectivity index (χ3v) is 2.42. The Labute approximate surface area is 80.9 Å². The Morgan fingerprint density at radius 1 is 1.46 bits per heavy atom. The van der Waals surface area contributed by atoms with Crippen LogP contribution >= 0.6 is 11.6 Å². The molecule has 4 heteroatoms. The molecule has 0 atom stereocenters. The van der Waals surface area contributed by atoms with Gasteiger partial charge in [-0.2, -0.15) is 0 Å². The molecule has 1 aromatic rings. The highest BCUT2D eigenvalue weighted by Crippen LogP contribution is 1.98. The zero-order valence-corrected chi connectivity index (χ0v) is 7.80. The number of nitrogens with two attached hydrogens (primary N) is 1. The lowest BCUT2D eigenvalue weighted by molar-refractivity contribution is 0.888. The lowest BCUT2D eigenvalue weighted by Crippen LogP contribution is -2.31. The van der Waals surface area contributed by atoms with Gasteiger partial charge in [-0.05, 0) is 6.07 Å². The minimum atomic E-state index is 0.628. The number of pyridine rings is 1. The fraction of sp³-hybridized carbons (Fsp3) is 0.222. The average Bonchev–Trinajstić information content (AvgIpc) is 2.29. The van der Waals surface area contributed by atoms with Crippen molar-refractivity contribution < 1.29 is 0 Å². The van der Waals surface area contributed by atoms with Gasteiger partial charge in [0, 0.05) is 41.5 Å². The van der Waals surface area contributed by atoms with Gasteiger partial charge in [-0.25, -0.2) is 0 Å². The first-order valence-electron chi connectivity index (χ1n) is 4.11. The molecule has 0 fully saturated rings. The summed E-state index contributed by atoms with van der Waals surface area (Å²) in [6.07, 6.45) is 4.26. The SMILES string of the molecule is NC1=c2ccncc2=C(Cl)NCC1. The van der Waals surface area contributed by atoms with Crippen LogP contribution < -0.4 is 21.5 Å². The molecule has 0 saturated carbocycles. The predicted molar refractivity (Wildman–Crippen MR) is 53.0 cm³/mol. The third kappa shape index (κ3) is 1.47. The van der Waals surface area contributed by atoms with Crippen LogP contribution in [0.15, 0.2) is 18.5 Å². The van der Waals surface area contributed by atoms with Crippen LogP contribution in [0.1, 0.15) is 6.42 Å². The van der Waals surface area contributed by atoms with Gasteiger partial charge in [0.05, 0.1) is 0 Å². The molecular formula is C9H10ClN3. The normalized spacial score (nSPS) is 16.1. The molecule has 0 aliphatic carbocycles. The van der Waals surface area contributed by atoms with E-state index in [9.17, 15) is 0 Å². The number of aromatic nitrogens is 1. The summed E-state index contributed by atoms with van der Waals surface area (Å²) in [4.78, 5) is 4.01. The summed E-state index contributed by atoms with van der Waals surface area (Å²) in [5.41, 5.74) is 6.75. The molecule has 2 heterocycles. The summed E-state index contributed by atoms with van der Waals surface area (Å²) in [5.74, 6) is 0. The maximum Gasteiger partial charge on any atom is 0.111 e. The molecule has 3 nitrogen and oxygen atoms in total. The molecule has 13 heavy (non-hydrogen) atoms. The van der Waals surface area contributed by atoms with E-state index in [1.54, 1.807) is 12.4 Å². The second-order valence-electron chi connectivity index (χ2n) is 2.94. The predicted octanol–water partition coefficient (Wildman–Crippen LogP) is -0.554. The van der Waals surface area contributed by atoms with Crippen molar-refractivity contribution in [2.75, 3.05) is 6.54 Å². The Kier molecular flexibility index (Phi) is 2.10. The van der Waals surface area contributed by atoms with Crippen molar-refractivity contribution in [3.8, 4) is 0 Å². The van der Waals surface area contributed by atoms with Crippen LogP contribution in [-0.2, 0) is 0 Å². The monoisotopic (exact) mass is 195 g/mol. The summed E-state index contributed by atoms with van der Waals surface area (Å²) < 4.78 is 0. The molecule has 68 valence electrons. The van der Waals surface area contributed by atoms with E-state index in [4.69, 9.17) is 17.3 Å². The maximum atomic E-state index is 6.01. The van der Waals surface area contributed by atoms with Gasteiger partial charge in [0.2, 0.25) is 0 Å². The smallest absolute Gasteiger partial charge is 0.111 e. The van der Waals surface area contributed by atoms with E-state index in [0.29, 0.717) is 5.16 Å². The molecular weight excluding hydrogens is 186 g/mol. The average molecular weight is 196 g/mol. The van der Waals surface area contributed by atoms with E-state index in [1.165, 1.54) is 0 Å². The Hall–Kier alpha value is -1.22. The van der Waals surface area contributed by atoms with Crippen molar-refractivity contribution in [2.45, 2.75) is 6.42 Å². The Morgan fingerprint density at radius 2 is 2.31 bits per heavy atom. The topological polar surface area (TPSA) is 50.9 Å². The quantitative estimate of drug-likeness (QED) is 0.546. The van der Waals surface area contributed by atoms with E-state index in [0.717, 1.165) is 29.1 Å². The fourth-order valence-corrected chi connectivity index (χ4v) is 1.63. The largest absolute Gasteiger partial charge is 0.401 e. The second kappa shape index (κ2) is 3.26. The van der Waals surface area contributed by atoms with Crippen molar-refractivity contribution in [1.29, 1.82) is 0 Å². The van der Waals surface area contributed by atoms with E-state index in [1.807, 2.05) is 6.07 Å². The molecule has 0 bridgehead atoms. The molecule has 1 aromatic heterocycles. The molecule has 0 radical (unpaired) electrons. The van der Waals surface area contributed by atoms with Crippen LogP contribution in [0, 0.1) is 0 Å². The Balaban J connectivity index is 2.89. The van der Waals surface area contributed by atoms with Crippen LogP contribution in [0.3, 0.4) is 0 Å². The number of hydrogen-bond donors (Lipinski definition) is 2. The van der Waals surface area contributed by atoms with Gasteiger partial charge >= 0.3 is 0 Å². The first-order chi connectivity index (χ1) is 6.29. The number of hydrogen-bond acceptors (Lipinski definition) is 3.